The van der Waals surface area contributed by atoms with Gasteiger partial charge in [0, 0.05) is 30.5 Å². The number of nitrogens with two attached hydrogens (primary N) is 1. The van der Waals surface area contributed by atoms with Crippen LogP contribution in [-0.4, -0.2) is 30.0 Å². The van der Waals surface area contributed by atoms with Crippen LogP contribution in [-0.2, 0) is 4.79 Å². The fraction of sp³-hybridized carbons (Fsp3) is 0.500. The molecule has 1 aromatic rings. The Kier molecular flexibility index (Phi) is 4.75. The molecule has 0 unspecified atom stereocenters. The lowest BCUT2D eigenvalue weighted by Gasteiger charge is -2.22. The Morgan fingerprint density at radius 3 is 2.82 bits per heavy atom. The van der Waals surface area contributed by atoms with Crippen molar-refractivity contribution >= 4 is 17.4 Å². The lowest BCUT2D eigenvalue weighted by atomic mass is 10.3. The second-order valence-electron chi connectivity index (χ2n) is 4.18. The van der Waals surface area contributed by atoms with Crippen molar-refractivity contribution in [1.82, 2.24) is 10.3 Å². The van der Waals surface area contributed by atoms with Crippen LogP contribution in [0.2, 0.25) is 0 Å². The topological polar surface area (TPSA) is 71.2 Å². The molecule has 17 heavy (non-hydrogen) atoms. The van der Waals surface area contributed by atoms with Crippen molar-refractivity contribution < 1.29 is 4.79 Å². The molecule has 1 amide bonds. The third-order valence-electron chi connectivity index (χ3n) is 2.26. The first-order valence-electron chi connectivity index (χ1n) is 5.78. The van der Waals surface area contributed by atoms with Gasteiger partial charge in [0.15, 0.2) is 0 Å². The van der Waals surface area contributed by atoms with Crippen LogP contribution < -0.4 is 16.0 Å². The van der Waals surface area contributed by atoms with Gasteiger partial charge in [-0.3, -0.25) is 4.79 Å². The normalized spacial score (nSPS) is 10.4. The molecule has 0 saturated carbocycles. The predicted molar refractivity (Wildman–Crippen MR) is 69.8 cm³/mol. The van der Waals surface area contributed by atoms with Gasteiger partial charge in [-0.1, -0.05) is 0 Å². The lowest BCUT2D eigenvalue weighted by molar-refractivity contribution is -0.120. The molecule has 5 nitrogen and oxygen atoms in total. The maximum absolute atomic E-state index is 11.7. The standard InChI is InChI=1S/C12H20N4O/c1-4-16(8-12(17)15-9(2)3)11-7-10(13)5-6-14-11/h5-7,9H,4,8H2,1-3H3,(H2,13,14)(H,15,17). The van der Waals surface area contributed by atoms with Gasteiger partial charge in [0.2, 0.25) is 5.91 Å². The van der Waals surface area contributed by atoms with Crippen LogP contribution >= 0.6 is 0 Å². The van der Waals surface area contributed by atoms with Crippen molar-refractivity contribution in [2.24, 2.45) is 0 Å². The minimum atomic E-state index is -0.00826. The average molecular weight is 236 g/mol. The third kappa shape index (κ3) is 4.30. The van der Waals surface area contributed by atoms with Gasteiger partial charge in [-0.05, 0) is 26.8 Å². The number of amides is 1. The van der Waals surface area contributed by atoms with Crippen molar-refractivity contribution in [1.29, 1.82) is 0 Å². The minimum Gasteiger partial charge on any atom is -0.399 e. The van der Waals surface area contributed by atoms with E-state index in [1.807, 2.05) is 25.7 Å². The van der Waals surface area contributed by atoms with Crippen molar-refractivity contribution in [2.75, 3.05) is 23.7 Å². The molecule has 0 aromatic carbocycles. The lowest BCUT2D eigenvalue weighted by Crippen LogP contribution is -2.40. The summed E-state index contributed by atoms with van der Waals surface area (Å²) in [4.78, 5) is 17.8. The molecule has 5 heteroatoms. The second-order valence-corrected chi connectivity index (χ2v) is 4.18. The quantitative estimate of drug-likeness (QED) is 0.800. The molecule has 94 valence electrons. The number of anilines is 2. The zero-order valence-corrected chi connectivity index (χ0v) is 10.6. The number of nitrogens with one attached hydrogen (secondary N) is 1. The van der Waals surface area contributed by atoms with Crippen molar-refractivity contribution in [2.45, 2.75) is 26.8 Å². The molecule has 1 heterocycles. The molecule has 0 aliphatic carbocycles. The van der Waals surface area contributed by atoms with E-state index in [4.69, 9.17) is 5.73 Å². The highest BCUT2D eigenvalue weighted by Crippen LogP contribution is 2.13. The first kappa shape index (κ1) is 13.3. The van der Waals surface area contributed by atoms with Crippen LogP contribution in [0.4, 0.5) is 11.5 Å². The van der Waals surface area contributed by atoms with Crippen LogP contribution in [0.25, 0.3) is 0 Å². The summed E-state index contributed by atoms with van der Waals surface area (Å²) in [5.41, 5.74) is 6.35. The highest BCUT2D eigenvalue weighted by Gasteiger charge is 2.11. The van der Waals surface area contributed by atoms with E-state index in [-0.39, 0.29) is 11.9 Å². The number of nitrogen functional groups attached to an aromatic ring is 1. The van der Waals surface area contributed by atoms with Crippen LogP contribution in [0.5, 0.6) is 0 Å². The second kappa shape index (κ2) is 6.08. The fourth-order valence-electron chi connectivity index (χ4n) is 1.50. The number of hydrogen-bond donors (Lipinski definition) is 2. The Balaban J connectivity index is 2.69. The number of carbonyl (C=O) groups excluding carboxylic acids is 1. The van der Waals surface area contributed by atoms with E-state index in [9.17, 15) is 4.79 Å². The van der Waals surface area contributed by atoms with Gasteiger partial charge in [-0.15, -0.1) is 0 Å². The highest BCUT2D eigenvalue weighted by molar-refractivity contribution is 5.81. The first-order valence-corrected chi connectivity index (χ1v) is 5.78. The van der Waals surface area contributed by atoms with Gasteiger partial charge in [0.1, 0.15) is 5.82 Å². The monoisotopic (exact) mass is 236 g/mol. The van der Waals surface area contributed by atoms with Crippen LogP contribution in [0, 0.1) is 0 Å². The number of rotatable bonds is 5. The average Bonchev–Trinajstić information content (AvgIpc) is 2.24. The molecule has 0 aliphatic heterocycles. The largest absolute Gasteiger partial charge is 0.399 e. The van der Waals surface area contributed by atoms with Crippen LogP contribution in [0.1, 0.15) is 20.8 Å². The molecular weight excluding hydrogens is 216 g/mol. The zero-order chi connectivity index (χ0) is 12.8. The van der Waals surface area contributed by atoms with E-state index >= 15 is 0 Å². The van der Waals surface area contributed by atoms with E-state index < -0.39 is 0 Å². The number of pyridine rings is 1. The summed E-state index contributed by atoms with van der Waals surface area (Å²) in [6.07, 6.45) is 1.65. The zero-order valence-electron chi connectivity index (χ0n) is 10.6. The van der Waals surface area contributed by atoms with Gasteiger partial charge in [0.25, 0.3) is 0 Å². The van der Waals surface area contributed by atoms with Gasteiger partial charge in [-0.25, -0.2) is 4.98 Å². The number of carbonyl (C=O) groups is 1. The molecular formula is C12H20N4O. The van der Waals surface area contributed by atoms with Crippen LogP contribution in [0.3, 0.4) is 0 Å². The smallest absolute Gasteiger partial charge is 0.239 e. The Labute approximate surface area is 102 Å². The van der Waals surface area contributed by atoms with Gasteiger partial charge < -0.3 is 16.0 Å². The van der Waals surface area contributed by atoms with Gasteiger partial charge >= 0.3 is 0 Å². The Morgan fingerprint density at radius 2 is 2.29 bits per heavy atom. The van der Waals surface area contributed by atoms with Crippen molar-refractivity contribution in [3.63, 3.8) is 0 Å². The van der Waals surface area contributed by atoms with E-state index in [0.29, 0.717) is 18.8 Å². The summed E-state index contributed by atoms with van der Waals surface area (Å²) in [6.45, 7) is 6.86. The van der Waals surface area contributed by atoms with E-state index in [1.165, 1.54) is 0 Å². The maximum Gasteiger partial charge on any atom is 0.239 e. The van der Waals surface area contributed by atoms with Gasteiger partial charge in [0.05, 0.1) is 6.54 Å². The summed E-state index contributed by atoms with van der Waals surface area (Å²) in [5.74, 6) is 0.720. The molecule has 1 aromatic heterocycles. The predicted octanol–water partition coefficient (Wildman–Crippen LogP) is 1.01. The highest BCUT2D eigenvalue weighted by atomic mass is 16.2. The SMILES string of the molecule is CCN(CC(=O)NC(C)C)c1cc(N)ccn1. The van der Waals surface area contributed by atoms with Crippen molar-refractivity contribution in [3.05, 3.63) is 18.3 Å². The molecule has 0 radical (unpaired) electrons. The molecule has 0 spiro atoms. The molecule has 0 saturated heterocycles. The minimum absolute atomic E-state index is 0.00826. The summed E-state index contributed by atoms with van der Waals surface area (Å²) in [7, 11) is 0. The summed E-state index contributed by atoms with van der Waals surface area (Å²) in [6, 6.07) is 3.65. The number of aromatic nitrogens is 1. The molecule has 3 N–H and O–H groups in total. The van der Waals surface area contributed by atoms with E-state index in [2.05, 4.69) is 10.3 Å². The molecule has 1 rings (SSSR count). The Bertz CT molecular complexity index is 379. The van der Waals surface area contributed by atoms with E-state index in [1.54, 1.807) is 18.3 Å². The third-order valence-corrected chi connectivity index (χ3v) is 2.26. The van der Waals surface area contributed by atoms with E-state index in [0.717, 1.165) is 5.82 Å². The summed E-state index contributed by atoms with van der Waals surface area (Å²) < 4.78 is 0. The molecule has 0 aliphatic rings. The summed E-state index contributed by atoms with van der Waals surface area (Å²) >= 11 is 0. The maximum atomic E-state index is 11.7. The Morgan fingerprint density at radius 1 is 1.59 bits per heavy atom. The fourth-order valence-corrected chi connectivity index (χ4v) is 1.50. The van der Waals surface area contributed by atoms with Crippen LogP contribution in [0.15, 0.2) is 18.3 Å². The molecule has 0 fully saturated rings. The summed E-state index contributed by atoms with van der Waals surface area (Å²) in [5, 5.41) is 2.85. The molecule has 0 bridgehead atoms. The number of hydrogen-bond acceptors (Lipinski definition) is 4. The van der Waals surface area contributed by atoms with Gasteiger partial charge in [-0.2, -0.15) is 0 Å². The Hall–Kier alpha value is -1.78. The first-order chi connectivity index (χ1) is 8.02. The number of nitrogens with zero attached hydrogens (tertiary/aromatic N) is 2. The molecule has 0 atom stereocenters. The number of likely N-dealkylation sites (N-methyl/N-ethyl adjacent to an activating group) is 1. The van der Waals surface area contributed by atoms with Crippen molar-refractivity contribution in [3.8, 4) is 0 Å².